The average molecular weight is 361 g/mol. The maximum Gasteiger partial charge on any atom is 0.161 e. The molecule has 4 heteroatoms. The molecule has 2 aromatic rings. The first kappa shape index (κ1) is 18.3. The molecule has 0 amide bonds. The number of ether oxygens (including phenoxy) is 2. The monoisotopic (exact) mass is 360 g/mol. The Morgan fingerprint density at radius 1 is 1.04 bits per heavy atom. The molecule has 0 saturated heterocycles. The summed E-state index contributed by atoms with van der Waals surface area (Å²) in [5, 5.41) is 4.59. The van der Waals surface area contributed by atoms with Crippen molar-refractivity contribution >= 4 is 11.3 Å². The number of hydrogen-bond donors (Lipinski definition) is 1. The molecule has 1 heterocycles. The van der Waals surface area contributed by atoms with Crippen LogP contribution in [0.5, 0.6) is 11.5 Å². The van der Waals surface area contributed by atoms with Crippen LogP contribution in [0.1, 0.15) is 55.4 Å². The second-order valence-electron chi connectivity index (χ2n) is 6.90. The van der Waals surface area contributed by atoms with Crippen molar-refractivity contribution in [3.05, 3.63) is 46.2 Å². The van der Waals surface area contributed by atoms with Gasteiger partial charge >= 0.3 is 0 Å². The molecule has 1 aliphatic carbocycles. The van der Waals surface area contributed by atoms with E-state index in [1.807, 2.05) is 6.07 Å². The molecule has 0 aliphatic heterocycles. The van der Waals surface area contributed by atoms with Gasteiger partial charge < -0.3 is 14.8 Å². The third kappa shape index (κ3) is 5.75. The molecule has 0 bridgehead atoms. The Morgan fingerprint density at radius 2 is 1.84 bits per heavy atom. The first-order valence-electron chi connectivity index (χ1n) is 9.50. The van der Waals surface area contributed by atoms with E-state index >= 15 is 0 Å². The maximum atomic E-state index is 5.93. The van der Waals surface area contributed by atoms with E-state index in [4.69, 9.17) is 9.47 Å². The highest BCUT2D eigenvalue weighted by Gasteiger charge is 2.14. The van der Waals surface area contributed by atoms with E-state index in [0.717, 1.165) is 24.1 Å². The molecule has 0 radical (unpaired) electrons. The number of methoxy groups -OCH3 is 1. The highest BCUT2D eigenvalue weighted by atomic mass is 32.1. The van der Waals surface area contributed by atoms with Crippen LogP contribution in [-0.4, -0.2) is 13.2 Å². The quantitative estimate of drug-likeness (QED) is 0.788. The van der Waals surface area contributed by atoms with E-state index in [1.54, 1.807) is 18.4 Å². The van der Waals surface area contributed by atoms with Crippen molar-refractivity contribution in [3.8, 4) is 11.5 Å². The van der Waals surface area contributed by atoms with Crippen LogP contribution in [0, 0.1) is 0 Å². The summed E-state index contributed by atoms with van der Waals surface area (Å²) in [7, 11) is 1.72. The Kier molecular flexibility index (Phi) is 7.19. The summed E-state index contributed by atoms with van der Waals surface area (Å²) in [4.78, 5) is 1.23. The Bertz CT molecular complexity index is 619. The molecule has 2 N–H and O–H groups in total. The van der Waals surface area contributed by atoms with Gasteiger partial charge in [-0.25, -0.2) is 0 Å². The minimum atomic E-state index is 0.599. The molecule has 3 rings (SSSR count). The zero-order chi connectivity index (χ0) is 17.3. The van der Waals surface area contributed by atoms with Crippen LogP contribution in [0.3, 0.4) is 0 Å². The fourth-order valence-corrected chi connectivity index (χ4v) is 4.14. The molecular formula is C21H30NO2S+. The lowest BCUT2D eigenvalue weighted by atomic mass is 9.96. The molecule has 0 unspecified atom stereocenters. The highest BCUT2D eigenvalue weighted by molar-refractivity contribution is 7.09. The first-order chi connectivity index (χ1) is 12.3. The van der Waals surface area contributed by atoms with Crippen molar-refractivity contribution in [1.82, 2.24) is 0 Å². The highest BCUT2D eigenvalue weighted by Crippen LogP contribution is 2.29. The number of benzene rings is 1. The third-order valence-electron chi connectivity index (χ3n) is 5.01. The van der Waals surface area contributed by atoms with Crippen LogP contribution in [0.25, 0.3) is 0 Å². The van der Waals surface area contributed by atoms with Gasteiger partial charge in [-0.05, 0) is 55.3 Å². The molecule has 1 saturated carbocycles. The lowest BCUT2D eigenvalue weighted by Crippen LogP contribution is -2.88. The number of rotatable bonds is 7. The molecule has 136 valence electrons. The summed E-state index contributed by atoms with van der Waals surface area (Å²) in [5.41, 5.74) is 1.31. The SMILES string of the molecule is COc1cc(C[NH2+]C2CCCCCCC2)ccc1OCc1cccs1. The predicted octanol–water partition coefficient (Wildman–Crippen LogP) is 4.51. The summed E-state index contributed by atoms with van der Waals surface area (Å²) in [6, 6.07) is 11.3. The Balaban J connectivity index is 1.54. The Morgan fingerprint density at radius 3 is 2.56 bits per heavy atom. The molecule has 1 aliphatic rings. The van der Waals surface area contributed by atoms with Crippen molar-refractivity contribution in [1.29, 1.82) is 0 Å². The minimum Gasteiger partial charge on any atom is -0.493 e. The van der Waals surface area contributed by atoms with Gasteiger partial charge in [0.15, 0.2) is 11.5 Å². The number of quaternary nitrogens is 1. The second-order valence-corrected chi connectivity index (χ2v) is 7.93. The zero-order valence-electron chi connectivity index (χ0n) is 15.2. The fourth-order valence-electron chi connectivity index (χ4n) is 3.53. The van der Waals surface area contributed by atoms with Gasteiger partial charge in [0.1, 0.15) is 13.2 Å². The average Bonchev–Trinajstić information content (AvgIpc) is 3.13. The van der Waals surface area contributed by atoms with Gasteiger partial charge in [0.25, 0.3) is 0 Å². The van der Waals surface area contributed by atoms with Crippen LogP contribution in [0.2, 0.25) is 0 Å². The molecule has 1 aromatic carbocycles. The van der Waals surface area contributed by atoms with E-state index in [0.29, 0.717) is 6.61 Å². The molecule has 3 nitrogen and oxygen atoms in total. The van der Waals surface area contributed by atoms with Gasteiger partial charge in [-0.15, -0.1) is 11.3 Å². The largest absolute Gasteiger partial charge is 0.493 e. The van der Waals surface area contributed by atoms with Crippen molar-refractivity contribution in [2.45, 2.75) is 64.1 Å². The van der Waals surface area contributed by atoms with E-state index in [9.17, 15) is 0 Å². The Labute approximate surface area is 155 Å². The minimum absolute atomic E-state index is 0.599. The van der Waals surface area contributed by atoms with Crippen molar-refractivity contribution in [3.63, 3.8) is 0 Å². The molecular weight excluding hydrogens is 330 g/mol. The van der Waals surface area contributed by atoms with E-state index in [1.165, 1.54) is 55.4 Å². The molecule has 1 fully saturated rings. The molecule has 0 atom stereocenters. The van der Waals surface area contributed by atoms with Crippen molar-refractivity contribution < 1.29 is 14.8 Å². The normalized spacial score (nSPS) is 16.2. The summed E-state index contributed by atoms with van der Waals surface area (Å²) in [5.74, 6) is 1.66. The number of thiophene rings is 1. The van der Waals surface area contributed by atoms with Crippen molar-refractivity contribution in [2.24, 2.45) is 0 Å². The summed E-state index contributed by atoms with van der Waals surface area (Å²) >= 11 is 1.72. The lowest BCUT2D eigenvalue weighted by molar-refractivity contribution is -0.706. The summed E-state index contributed by atoms with van der Waals surface area (Å²) in [6.45, 7) is 1.62. The topological polar surface area (TPSA) is 35.1 Å². The smallest absolute Gasteiger partial charge is 0.161 e. The van der Waals surface area contributed by atoms with Gasteiger partial charge in [0, 0.05) is 10.4 Å². The molecule has 25 heavy (non-hydrogen) atoms. The third-order valence-corrected chi connectivity index (χ3v) is 5.86. The second kappa shape index (κ2) is 9.83. The molecule has 0 spiro atoms. The fraction of sp³-hybridized carbons (Fsp3) is 0.524. The van der Waals surface area contributed by atoms with Gasteiger partial charge in [-0.1, -0.05) is 25.3 Å². The van der Waals surface area contributed by atoms with Crippen LogP contribution >= 0.6 is 11.3 Å². The van der Waals surface area contributed by atoms with Crippen LogP contribution in [0.15, 0.2) is 35.7 Å². The lowest BCUT2D eigenvalue weighted by Gasteiger charge is -2.18. The standard InChI is InChI=1S/C21H29NO2S/c1-23-21-14-17(15-22-18-8-5-3-2-4-6-9-18)11-12-20(21)24-16-19-10-7-13-25-19/h7,10-14,18,22H,2-6,8-9,15-16H2,1H3/p+1. The van der Waals surface area contributed by atoms with Crippen LogP contribution < -0.4 is 14.8 Å². The zero-order valence-corrected chi connectivity index (χ0v) is 16.0. The maximum absolute atomic E-state index is 5.93. The van der Waals surface area contributed by atoms with Gasteiger partial charge in [0.05, 0.1) is 13.2 Å². The van der Waals surface area contributed by atoms with E-state index in [2.05, 4.69) is 35.0 Å². The van der Waals surface area contributed by atoms with Crippen molar-refractivity contribution in [2.75, 3.05) is 7.11 Å². The van der Waals surface area contributed by atoms with Gasteiger partial charge in [0.2, 0.25) is 0 Å². The number of hydrogen-bond acceptors (Lipinski definition) is 3. The number of nitrogens with two attached hydrogens (primary N) is 1. The predicted molar refractivity (Wildman–Crippen MR) is 103 cm³/mol. The van der Waals surface area contributed by atoms with Gasteiger partial charge in [-0.3, -0.25) is 0 Å². The van der Waals surface area contributed by atoms with Gasteiger partial charge in [-0.2, -0.15) is 0 Å². The molecule has 1 aromatic heterocycles. The Hall–Kier alpha value is -1.52. The summed E-state index contributed by atoms with van der Waals surface area (Å²) < 4.78 is 11.5. The van der Waals surface area contributed by atoms with E-state index < -0.39 is 0 Å². The van der Waals surface area contributed by atoms with Crippen LogP contribution in [-0.2, 0) is 13.2 Å². The van der Waals surface area contributed by atoms with Crippen LogP contribution in [0.4, 0.5) is 0 Å². The summed E-state index contributed by atoms with van der Waals surface area (Å²) in [6.07, 6.45) is 9.75. The van der Waals surface area contributed by atoms with E-state index in [-0.39, 0.29) is 0 Å². The first-order valence-corrected chi connectivity index (χ1v) is 10.4.